The van der Waals surface area contributed by atoms with Crippen LogP contribution in [0.3, 0.4) is 0 Å². The molecule has 2 aliphatic heterocycles. The van der Waals surface area contributed by atoms with Gasteiger partial charge in [0.1, 0.15) is 0 Å². The van der Waals surface area contributed by atoms with Gasteiger partial charge in [0.2, 0.25) is 0 Å². The van der Waals surface area contributed by atoms with Gasteiger partial charge in [0, 0.05) is 6.04 Å². The third kappa shape index (κ3) is 8.81. The molecule has 0 spiro atoms. The van der Waals surface area contributed by atoms with Gasteiger partial charge < -0.3 is 18.9 Å². The van der Waals surface area contributed by atoms with E-state index in [0.29, 0.717) is 60.6 Å². The number of benzene rings is 2. The Hall–Kier alpha value is -3.94. The second-order valence-corrected chi connectivity index (χ2v) is 13.5. The van der Waals surface area contributed by atoms with E-state index in [2.05, 4.69) is 0 Å². The van der Waals surface area contributed by atoms with Gasteiger partial charge in [-0.2, -0.15) is 0 Å². The Labute approximate surface area is 295 Å². The van der Waals surface area contributed by atoms with Gasteiger partial charge in [-0.05, 0) is 112 Å². The summed E-state index contributed by atoms with van der Waals surface area (Å²) >= 11 is 1.75. The van der Waals surface area contributed by atoms with E-state index in [-0.39, 0.29) is 29.2 Å². The molecule has 1 saturated carbocycles. The van der Waals surface area contributed by atoms with Gasteiger partial charge in [0.05, 0.1) is 49.6 Å². The third-order valence-corrected chi connectivity index (χ3v) is 10.0. The number of carbonyl (C=O) groups is 4. The molecule has 0 bridgehead atoms. The Balaban J connectivity index is 1.34. The summed E-state index contributed by atoms with van der Waals surface area (Å²) in [4.78, 5) is 58.7. The average molecular weight is 710 g/mol. The number of rotatable bonds is 15. The molecule has 0 atom stereocenters. The van der Waals surface area contributed by atoms with Gasteiger partial charge in [-0.25, -0.2) is 0 Å². The minimum absolute atomic E-state index is 0.00531. The van der Waals surface area contributed by atoms with Gasteiger partial charge in [0.15, 0.2) is 23.0 Å². The third-order valence-electron chi connectivity index (χ3n) is 8.21. The first-order valence-electron chi connectivity index (χ1n) is 16.8. The molecule has 0 N–H and O–H groups in total. The van der Waals surface area contributed by atoms with Crippen molar-refractivity contribution in [3.05, 3.63) is 57.3 Å². The molecule has 2 aromatic rings. The fourth-order valence-electron chi connectivity index (χ4n) is 5.95. The summed E-state index contributed by atoms with van der Waals surface area (Å²) in [6, 6.07) is 10.8. The molecule has 3 aliphatic rings. The fourth-order valence-corrected chi connectivity index (χ4v) is 7.61. The highest BCUT2D eigenvalue weighted by molar-refractivity contribution is 8.18. The van der Waals surface area contributed by atoms with Crippen LogP contribution in [0.2, 0.25) is 0 Å². The highest BCUT2D eigenvalue weighted by atomic mass is 32.2. The van der Waals surface area contributed by atoms with Crippen LogP contribution in [0.25, 0.3) is 12.2 Å². The molecule has 1 aliphatic carbocycles. The second kappa shape index (κ2) is 17.1. The summed E-state index contributed by atoms with van der Waals surface area (Å²) in [6.07, 6.45) is 8.11. The Morgan fingerprint density at radius 3 is 1.45 bits per heavy atom. The normalized spacial score (nSPS) is 18.8. The van der Waals surface area contributed by atoms with Gasteiger partial charge in [-0.1, -0.05) is 31.4 Å². The number of nitrogens with zero attached hydrogens (tertiary/aromatic N) is 3. The van der Waals surface area contributed by atoms with Crippen LogP contribution in [-0.4, -0.2) is 82.8 Å². The zero-order valence-electron chi connectivity index (χ0n) is 28.4. The van der Waals surface area contributed by atoms with Crippen molar-refractivity contribution in [3.63, 3.8) is 0 Å². The summed E-state index contributed by atoms with van der Waals surface area (Å²) < 4.78 is 22.8. The van der Waals surface area contributed by atoms with Crippen molar-refractivity contribution >= 4 is 58.0 Å². The number of ether oxygens (including phenoxy) is 4. The zero-order chi connectivity index (χ0) is 34.9. The maximum atomic E-state index is 13.6. The summed E-state index contributed by atoms with van der Waals surface area (Å²) in [5, 5.41) is -0.801. The van der Waals surface area contributed by atoms with E-state index in [1.54, 1.807) is 36.4 Å². The lowest BCUT2D eigenvalue weighted by atomic mass is 9.94. The molecule has 3 fully saturated rings. The van der Waals surface area contributed by atoms with Gasteiger partial charge >= 0.3 is 0 Å². The molecule has 2 heterocycles. The predicted molar refractivity (Wildman–Crippen MR) is 192 cm³/mol. The van der Waals surface area contributed by atoms with Crippen molar-refractivity contribution in [2.75, 3.05) is 39.8 Å². The Morgan fingerprint density at radius 2 is 1.04 bits per heavy atom. The summed E-state index contributed by atoms with van der Waals surface area (Å²) in [5.41, 5.74) is 1.40. The van der Waals surface area contributed by atoms with Crippen molar-refractivity contribution < 1.29 is 38.1 Å². The predicted octanol–water partition coefficient (Wildman–Crippen LogP) is 7.60. The van der Waals surface area contributed by atoms with Gasteiger partial charge in [-0.15, -0.1) is 0 Å². The molecule has 2 saturated heterocycles. The SMILES string of the molecule is CCOc1ccc(/C=C2\SC(=O)N(CN(CN3C(=O)S/C(=C/c4ccc(OCC)c(OCC)c4)C3=O)C3CCCCC3)C2=O)cc1OCC. The van der Waals surface area contributed by atoms with E-state index in [0.717, 1.165) is 55.6 Å². The van der Waals surface area contributed by atoms with Crippen LogP contribution >= 0.6 is 23.5 Å². The quantitative estimate of drug-likeness (QED) is 0.170. The lowest BCUT2D eigenvalue weighted by Crippen LogP contribution is -2.51. The molecular weight excluding hydrogens is 667 g/mol. The molecule has 5 rings (SSSR count). The van der Waals surface area contributed by atoms with Gasteiger partial charge in [-0.3, -0.25) is 33.9 Å². The van der Waals surface area contributed by atoms with Crippen LogP contribution in [0.1, 0.15) is 70.9 Å². The van der Waals surface area contributed by atoms with Crippen molar-refractivity contribution in [1.82, 2.24) is 14.7 Å². The maximum Gasteiger partial charge on any atom is 0.294 e. The minimum atomic E-state index is -0.419. The standard InChI is InChI=1S/C36H43N3O8S2/c1-5-44-27-16-14-24(18-29(27)46-7-3)20-31-33(40)38(35(42)48-31)22-37(26-12-10-9-11-13-26)23-39-34(41)32(49-36(39)43)21-25-15-17-28(45-6-2)30(19-25)47-8-4/h14-21,26H,5-13,22-23H2,1-4H3/b31-20-,32-21+. The van der Waals surface area contributed by atoms with Crippen molar-refractivity contribution in [3.8, 4) is 23.0 Å². The molecule has 11 nitrogen and oxygen atoms in total. The van der Waals surface area contributed by atoms with Crippen molar-refractivity contribution in [2.45, 2.75) is 65.8 Å². The van der Waals surface area contributed by atoms with E-state index >= 15 is 0 Å². The van der Waals surface area contributed by atoms with E-state index in [9.17, 15) is 19.2 Å². The lowest BCUT2D eigenvalue weighted by molar-refractivity contribution is -0.127. The van der Waals surface area contributed by atoms with E-state index in [1.807, 2.05) is 44.7 Å². The smallest absolute Gasteiger partial charge is 0.294 e. The molecule has 262 valence electrons. The molecule has 13 heteroatoms. The highest BCUT2D eigenvalue weighted by Gasteiger charge is 2.41. The van der Waals surface area contributed by atoms with E-state index in [4.69, 9.17) is 18.9 Å². The second-order valence-electron chi connectivity index (χ2n) is 11.5. The topological polar surface area (TPSA) is 115 Å². The molecule has 0 radical (unpaired) electrons. The average Bonchev–Trinajstić information content (AvgIpc) is 3.51. The first-order valence-corrected chi connectivity index (χ1v) is 18.4. The number of amides is 4. The Morgan fingerprint density at radius 1 is 0.633 bits per heavy atom. The van der Waals surface area contributed by atoms with Crippen molar-refractivity contribution in [1.29, 1.82) is 0 Å². The molecular formula is C36H43N3O8S2. The van der Waals surface area contributed by atoms with Crippen LogP contribution in [0, 0.1) is 0 Å². The molecule has 0 unspecified atom stereocenters. The first kappa shape index (κ1) is 36.3. The van der Waals surface area contributed by atoms with Crippen LogP contribution < -0.4 is 18.9 Å². The summed E-state index contributed by atoms with van der Waals surface area (Å²) in [6.45, 7) is 9.35. The van der Waals surface area contributed by atoms with E-state index < -0.39 is 22.3 Å². The van der Waals surface area contributed by atoms with Crippen LogP contribution in [-0.2, 0) is 9.59 Å². The Kier molecular flexibility index (Phi) is 12.7. The monoisotopic (exact) mass is 709 g/mol. The van der Waals surface area contributed by atoms with Crippen molar-refractivity contribution in [2.24, 2.45) is 0 Å². The lowest BCUT2D eigenvalue weighted by Gasteiger charge is -2.37. The molecule has 49 heavy (non-hydrogen) atoms. The largest absolute Gasteiger partial charge is 0.490 e. The summed E-state index contributed by atoms with van der Waals surface area (Å²) in [7, 11) is 0. The molecule has 2 aromatic carbocycles. The number of thioether (sulfide) groups is 2. The number of imide groups is 2. The number of hydrogen-bond donors (Lipinski definition) is 0. The zero-order valence-corrected chi connectivity index (χ0v) is 30.0. The number of hydrogen-bond acceptors (Lipinski definition) is 11. The fraction of sp³-hybridized carbons (Fsp3) is 0.444. The highest BCUT2D eigenvalue weighted by Crippen LogP contribution is 2.38. The van der Waals surface area contributed by atoms with Crippen LogP contribution in [0.5, 0.6) is 23.0 Å². The minimum Gasteiger partial charge on any atom is -0.490 e. The van der Waals surface area contributed by atoms with Crippen LogP contribution in [0.15, 0.2) is 46.2 Å². The molecule has 4 amide bonds. The van der Waals surface area contributed by atoms with E-state index in [1.165, 1.54) is 9.80 Å². The molecule has 0 aromatic heterocycles. The maximum absolute atomic E-state index is 13.6. The van der Waals surface area contributed by atoms with Crippen LogP contribution in [0.4, 0.5) is 9.59 Å². The summed E-state index contributed by atoms with van der Waals surface area (Å²) in [5.74, 6) is 1.49. The Bertz CT molecular complexity index is 1510. The number of carbonyl (C=O) groups excluding carboxylic acids is 4. The van der Waals surface area contributed by atoms with Gasteiger partial charge in [0.25, 0.3) is 22.3 Å². The first-order chi connectivity index (χ1) is 23.8.